The highest BCUT2D eigenvalue weighted by atomic mass is 16.6. The van der Waals surface area contributed by atoms with Gasteiger partial charge in [0, 0.05) is 0 Å². The topological polar surface area (TPSA) is 52.6 Å². The second-order valence-electron chi connectivity index (χ2n) is 5.59. The zero-order valence-electron chi connectivity index (χ0n) is 14.2. The van der Waals surface area contributed by atoms with Gasteiger partial charge in [-0.25, -0.2) is 0 Å². The third kappa shape index (κ3) is 10.3. The Bertz CT molecular complexity index is 289. The molecule has 0 rings (SSSR count). The smallest absolute Gasteiger partial charge is 0.309 e. The molecular weight excluding hydrogens is 268 g/mol. The van der Waals surface area contributed by atoms with Crippen molar-refractivity contribution in [3.8, 4) is 0 Å². The number of carbonyl (C=O) groups is 2. The first-order chi connectivity index (χ1) is 10.0. The Morgan fingerprint density at radius 1 is 0.952 bits per heavy atom. The number of hydrogen-bond acceptors (Lipinski definition) is 4. The minimum Gasteiger partial charge on any atom is -0.466 e. The third-order valence-electron chi connectivity index (χ3n) is 3.45. The van der Waals surface area contributed by atoms with E-state index in [0.717, 1.165) is 25.7 Å². The van der Waals surface area contributed by atoms with Crippen molar-refractivity contribution in [3.63, 3.8) is 0 Å². The molecule has 0 N–H and O–H groups in total. The van der Waals surface area contributed by atoms with Gasteiger partial charge in [0.15, 0.2) is 0 Å². The number of carbonyl (C=O) groups excluding carboxylic acids is 2. The largest absolute Gasteiger partial charge is 0.466 e. The SMILES string of the molecule is CCCCCC[C@@H](CCC)C(=O)OC(C)CC(=O)OCC. The van der Waals surface area contributed by atoms with Gasteiger partial charge in [0.25, 0.3) is 0 Å². The molecule has 1 unspecified atom stereocenters. The second kappa shape index (κ2) is 12.7. The summed E-state index contributed by atoms with van der Waals surface area (Å²) in [4.78, 5) is 23.5. The summed E-state index contributed by atoms with van der Waals surface area (Å²) in [5.74, 6) is -0.505. The van der Waals surface area contributed by atoms with Crippen LogP contribution in [0.5, 0.6) is 0 Å². The summed E-state index contributed by atoms with van der Waals surface area (Å²) in [5, 5.41) is 0. The lowest BCUT2D eigenvalue weighted by Crippen LogP contribution is -2.25. The van der Waals surface area contributed by atoms with E-state index in [9.17, 15) is 9.59 Å². The fourth-order valence-corrected chi connectivity index (χ4v) is 2.34. The summed E-state index contributed by atoms with van der Waals surface area (Å²) >= 11 is 0. The molecule has 0 bridgehead atoms. The second-order valence-corrected chi connectivity index (χ2v) is 5.59. The molecule has 0 spiro atoms. The highest BCUT2D eigenvalue weighted by Crippen LogP contribution is 2.19. The number of ether oxygens (including phenoxy) is 2. The van der Waals surface area contributed by atoms with E-state index in [1.54, 1.807) is 13.8 Å². The number of esters is 2. The fraction of sp³-hybridized carbons (Fsp3) is 0.882. The van der Waals surface area contributed by atoms with Crippen molar-refractivity contribution in [2.24, 2.45) is 5.92 Å². The Morgan fingerprint density at radius 3 is 2.24 bits per heavy atom. The highest BCUT2D eigenvalue weighted by Gasteiger charge is 2.22. The maximum absolute atomic E-state index is 12.2. The molecule has 0 amide bonds. The summed E-state index contributed by atoms with van der Waals surface area (Å²) in [6.07, 6.45) is 7.09. The first-order valence-corrected chi connectivity index (χ1v) is 8.41. The Morgan fingerprint density at radius 2 is 1.67 bits per heavy atom. The summed E-state index contributed by atoms with van der Waals surface area (Å²) in [6, 6.07) is 0. The predicted octanol–water partition coefficient (Wildman–Crippen LogP) is 4.26. The molecule has 0 aliphatic carbocycles. The first-order valence-electron chi connectivity index (χ1n) is 8.41. The Hall–Kier alpha value is -1.06. The monoisotopic (exact) mass is 300 g/mol. The number of rotatable bonds is 12. The van der Waals surface area contributed by atoms with Gasteiger partial charge >= 0.3 is 11.9 Å². The van der Waals surface area contributed by atoms with E-state index < -0.39 is 6.10 Å². The van der Waals surface area contributed by atoms with Crippen LogP contribution >= 0.6 is 0 Å². The van der Waals surface area contributed by atoms with Gasteiger partial charge in [-0.2, -0.15) is 0 Å². The van der Waals surface area contributed by atoms with Gasteiger partial charge in [-0.05, 0) is 26.7 Å². The molecule has 4 heteroatoms. The minimum atomic E-state index is -0.411. The molecule has 0 aromatic carbocycles. The third-order valence-corrected chi connectivity index (χ3v) is 3.45. The standard InChI is InChI=1S/C17H32O4/c1-5-8-9-10-12-15(11-6-2)17(19)21-14(4)13-16(18)20-7-3/h14-15H,5-13H2,1-4H3/t14?,15-/m1/s1. The van der Waals surface area contributed by atoms with E-state index in [0.29, 0.717) is 6.61 Å². The van der Waals surface area contributed by atoms with Crippen LogP contribution in [0.4, 0.5) is 0 Å². The van der Waals surface area contributed by atoms with E-state index in [4.69, 9.17) is 9.47 Å². The van der Waals surface area contributed by atoms with Gasteiger partial charge in [0.1, 0.15) is 6.10 Å². The van der Waals surface area contributed by atoms with Crippen LogP contribution in [0.15, 0.2) is 0 Å². The van der Waals surface area contributed by atoms with Crippen LogP contribution in [0, 0.1) is 5.92 Å². The van der Waals surface area contributed by atoms with Gasteiger partial charge in [-0.3, -0.25) is 9.59 Å². The van der Waals surface area contributed by atoms with Crippen molar-refractivity contribution in [3.05, 3.63) is 0 Å². The van der Waals surface area contributed by atoms with E-state index in [-0.39, 0.29) is 24.3 Å². The molecule has 0 saturated heterocycles. The van der Waals surface area contributed by atoms with Crippen molar-refractivity contribution in [1.29, 1.82) is 0 Å². The van der Waals surface area contributed by atoms with Gasteiger partial charge in [0.05, 0.1) is 18.9 Å². The van der Waals surface area contributed by atoms with Crippen molar-refractivity contribution in [1.82, 2.24) is 0 Å². The van der Waals surface area contributed by atoms with Crippen LogP contribution in [0.25, 0.3) is 0 Å². The lowest BCUT2D eigenvalue weighted by atomic mass is 9.96. The summed E-state index contributed by atoms with van der Waals surface area (Å²) in [7, 11) is 0. The molecule has 21 heavy (non-hydrogen) atoms. The van der Waals surface area contributed by atoms with Gasteiger partial charge < -0.3 is 9.47 Å². The summed E-state index contributed by atoms with van der Waals surface area (Å²) in [5.41, 5.74) is 0. The van der Waals surface area contributed by atoms with Crippen LogP contribution in [0.3, 0.4) is 0 Å². The van der Waals surface area contributed by atoms with Crippen LogP contribution in [-0.4, -0.2) is 24.6 Å². The average Bonchev–Trinajstić information content (AvgIpc) is 2.42. The van der Waals surface area contributed by atoms with E-state index >= 15 is 0 Å². The van der Waals surface area contributed by atoms with E-state index in [2.05, 4.69) is 13.8 Å². The average molecular weight is 300 g/mol. The van der Waals surface area contributed by atoms with Gasteiger partial charge in [-0.1, -0.05) is 46.0 Å². The molecule has 0 aliphatic heterocycles. The highest BCUT2D eigenvalue weighted by molar-refractivity contribution is 5.74. The maximum atomic E-state index is 12.2. The van der Waals surface area contributed by atoms with Crippen molar-refractivity contribution in [2.45, 2.75) is 85.2 Å². The Labute approximate surface area is 129 Å². The molecule has 0 fully saturated rings. The molecule has 0 radical (unpaired) electrons. The molecule has 0 aromatic rings. The van der Waals surface area contributed by atoms with Gasteiger partial charge in [-0.15, -0.1) is 0 Å². The lowest BCUT2D eigenvalue weighted by molar-refractivity contribution is -0.157. The maximum Gasteiger partial charge on any atom is 0.309 e. The van der Waals surface area contributed by atoms with Crippen molar-refractivity contribution in [2.75, 3.05) is 6.61 Å². The zero-order valence-corrected chi connectivity index (χ0v) is 14.2. The first kappa shape index (κ1) is 19.9. The quantitative estimate of drug-likeness (QED) is 0.399. The zero-order chi connectivity index (χ0) is 16.1. The molecule has 4 nitrogen and oxygen atoms in total. The van der Waals surface area contributed by atoms with Crippen molar-refractivity contribution >= 4 is 11.9 Å². The van der Waals surface area contributed by atoms with Gasteiger partial charge in [0.2, 0.25) is 0 Å². The molecule has 2 atom stereocenters. The summed E-state index contributed by atoms with van der Waals surface area (Å²) < 4.78 is 10.3. The minimum absolute atomic E-state index is 0.0310. The normalized spacial score (nSPS) is 13.5. The van der Waals surface area contributed by atoms with E-state index in [1.165, 1.54) is 19.3 Å². The molecule has 124 valence electrons. The van der Waals surface area contributed by atoms with Crippen LogP contribution in [0.2, 0.25) is 0 Å². The predicted molar refractivity (Wildman–Crippen MR) is 84.0 cm³/mol. The van der Waals surface area contributed by atoms with Crippen molar-refractivity contribution < 1.29 is 19.1 Å². The van der Waals surface area contributed by atoms with E-state index in [1.807, 2.05) is 0 Å². The number of hydrogen-bond donors (Lipinski definition) is 0. The lowest BCUT2D eigenvalue weighted by Gasteiger charge is -2.18. The van der Waals surface area contributed by atoms with Crippen LogP contribution < -0.4 is 0 Å². The van der Waals surface area contributed by atoms with Crippen LogP contribution in [0.1, 0.15) is 79.1 Å². The molecular formula is C17H32O4. The number of unbranched alkanes of at least 4 members (excludes halogenated alkanes) is 3. The fourth-order valence-electron chi connectivity index (χ4n) is 2.34. The molecule has 0 heterocycles. The Balaban J connectivity index is 4.17. The Kier molecular flexibility index (Phi) is 12.0. The molecule has 0 aliphatic rings. The molecule has 0 saturated carbocycles. The van der Waals surface area contributed by atoms with Crippen LogP contribution in [-0.2, 0) is 19.1 Å². The summed E-state index contributed by atoms with van der Waals surface area (Å²) in [6.45, 7) is 8.12. The molecule has 0 aromatic heterocycles.